The summed E-state index contributed by atoms with van der Waals surface area (Å²) >= 11 is 1.57. The van der Waals surface area contributed by atoms with Gasteiger partial charge in [0.1, 0.15) is 11.0 Å². The van der Waals surface area contributed by atoms with Gasteiger partial charge in [0, 0.05) is 24.7 Å². The Labute approximate surface area is 182 Å². The molecular formula is C25H27N3OS. The third kappa shape index (κ3) is 5.04. The van der Waals surface area contributed by atoms with Gasteiger partial charge in [-0.25, -0.2) is 4.98 Å². The number of carbonyl (C=O) groups excluding carboxylic acids is 1. The number of nitrogens with zero attached hydrogens (tertiary/aromatic N) is 2. The first-order chi connectivity index (χ1) is 14.7. The predicted octanol–water partition coefficient (Wildman–Crippen LogP) is 4.70. The van der Waals surface area contributed by atoms with E-state index in [-0.39, 0.29) is 11.9 Å². The third-order valence-corrected chi connectivity index (χ3v) is 6.37. The Hall–Kier alpha value is -2.76. The van der Waals surface area contributed by atoms with Crippen molar-refractivity contribution in [3.8, 4) is 0 Å². The first-order valence-electron chi connectivity index (χ1n) is 10.5. The van der Waals surface area contributed by atoms with E-state index in [2.05, 4.69) is 52.5 Å². The van der Waals surface area contributed by atoms with Crippen molar-refractivity contribution in [3.05, 3.63) is 93.9 Å². The second kappa shape index (κ2) is 9.83. The molecule has 1 aliphatic rings. The topological polar surface area (TPSA) is 45.2 Å². The van der Waals surface area contributed by atoms with Crippen LogP contribution in [0.3, 0.4) is 0 Å². The van der Waals surface area contributed by atoms with Crippen LogP contribution in [0.15, 0.2) is 72.3 Å². The molecule has 1 aromatic heterocycles. The van der Waals surface area contributed by atoms with Gasteiger partial charge in [-0.05, 0) is 35.1 Å². The fourth-order valence-corrected chi connectivity index (χ4v) is 4.51. The zero-order valence-electron chi connectivity index (χ0n) is 17.3. The van der Waals surface area contributed by atoms with Crippen molar-refractivity contribution in [3.63, 3.8) is 0 Å². The van der Waals surface area contributed by atoms with Crippen molar-refractivity contribution in [2.45, 2.75) is 25.8 Å². The van der Waals surface area contributed by atoms with E-state index in [1.165, 1.54) is 16.7 Å². The molecule has 154 valence electrons. The molecule has 1 aliphatic heterocycles. The molecular weight excluding hydrogens is 390 g/mol. The summed E-state index contributed by atoms with van der Waals surface area (Å²) in [6.07, 6.45) is 6.07. The van der Waals surface area contributed by atoms with Crippen molar-refractivity contribution in [2.24, 2.45) is 0 Å². The number of aryl methyl sites for hydroxylation is 1. The van der Waals surface area contributed by atoms with Gasteiger partial charge in [-0.1, -0.05) is 67.6 Å². The van der Waals surface area contributed by atoms with Crippen LogP contribution in [0.4, 0.5) is 0 Å². The van der Waals surface area contributed by atoms with Gasteiger partial charge >= 0.3 is 0 Å². The Balaban J connectivity index is 1.37. The van der Waals surface area contributed by atoms with Crippen LogP contribution in [0.5, 0.6) is 0 Å². The lowest BCUT2D eigenvalue weighted by Crippen LogP contribution is -2.40. The number of thiazole rings is 1. The van der Waals surface area contributed by atoms with Crippen molar-refractivity contribution >= 4 is 22.8 Å². The smallest absolute Gasteiger partial charge is 0.235 e. The average Bonchev–Trinajstić information content (AvgIpc) is 3.33. The van der Waals surface area contributed by atoms with Crippen LogP contribution in [0, 0.1) is 0 Å². The largest absolute Gasteiger partial charge is 0.342 e. The Morgan fingerprint density at radius 2 is 1.97 bits per heavy atom. The highest BCUT2D eigenvalue weighted by Gasteiger charge is 2.21. The van der Waals surface area contributed by atoms with Crippen LogP contribution in [0.1, 0.15) is 41.1 Å². The number of aromatic nitrogens is 1. The average molecular weight is 418 g/mol. The molecule has 0 fully saturated rings. The molecule has 0 saturated carbocycles. The molecule has 0 aliphatic carbocycles. The molecule has 0 radical (unpaired) electrons. The van der Waals surface area contributed by atoms with E-state index in [0.29, 0.717) is 6.54 Å². The third-order valence-electron chi connectivity index (χ3n) is 5.53. The maximum atomic E-state index is 12.8. The van der Waals surface area contributed by atoms with Crippen LogP contribution < -0.4 is 5.32 Å². The number of hydrogen-bond donors (Lipinski definition) is 1. The molecule has 4 nitrogen and oxygen atoms in total. The molecule has 1 N–H and O–H groups in total. The lowest BCUT2D eigenvalue weighted by atomic mass is 9.98. The highest BCUT2D eigenvalue weighted by molar-refractivity contribution is 7.09. The first kappa shape index (κ1) is 20.5. The second-order valence-corrected chi connectivity index (χ2v) is 8.47. The Bertz CT molecular complexity index is 981. The van der Waals surface area contributed by atoms with Crippen molar-refractivity contribution in [1.82, 2.24) is 15.2 Å². The molecule has 0 spiro atoms. The number of hydrogen-bond acceptors (Lipinski definition) is 4. The highest BCUT2D eigenvalue weighted by atomic mass is 32.1. The molecule has 4 rings (SSSR count). The van der Waals surface area contributed by atoms with Crippen molar-refractivity contribution in [1.29, 1.82) is 0 Å². The molecule has 0 bridgehead atoms. The summed E-state index contributed by atoms with van der Waals surface area (Å²) < 4.78 is 0. The van der Waals surface area contributed by atoms with E-state index in [4.69, 9.17) is 0 Å². The Kier molecular flexibility index (Phi) is 6.72. The fourth-order valence-electron chi connectivity index (χ4n) is 3.79. The van der Waals surface area contributed by atoms with Crippen molar-refractivity contribution < 1.29 is 4.79 Å². The predicted molar refractivity (Wildman–Crippen MR) is 123 cm³/mol. The number of carbonyl (C=O) groups is 1. The zero-order chi connectivity index (χ0) is 20.8. The molecule has 0 unspecified atom stereocenters. The second-order valence-electron chi connectivity index (χ2n) is 7.55. The number of benzene rings is 2. The van der Waals surface area contributed by atoms with Crippen LogP contribution >= 0.6 is 11.3 Å². The lowest BCUT2D eigenvalue weighted by Gasteiger charge is -2.27. The van der Waals surface area contributed by atoms with E-state index in [1.54, 1.807) is 17.5 Å². The van der Waals surface area contributed by atoms with Gasteiger partial charge in [0.2, 0.25) is 5.91 Å². The summed E-state index contributed by atoms with van der Waals surface area (Å²) in [5.41, 5.74) is 5.09. The van der Waals surface area contributed by atoms with Crippen LogP contribution in [0.25, 0.3) is 5.57 Å². The minimum absolute atomic E-state index is 0.0307. The molecule has 5 heteroatoms. The summed E-state index contributed by atoms with van der Waals surface area (Å²) in [6, 6.07) is 18.7. The minimum Gasteiger partial charge on any atom is -0.342 e. The summed E-state index contributed by atoms with van der Waals surface area (Å²) in [7, 11) is 0. The van der Waals surface area contributed by atoms with Crippen LogP contribution in [-0.4, -0.2) is 35.4 Å². The Morgan fingerprint density at radius 1 is 1.17 bits per heavy atom. The quantitative estimate of drug-likeness (QED) is 0.606. The molecule has 3 aromatic rings. The van der Waals surface area contributed by atoms with Gasteiger partial charge in [0.05, 0.1) is 6.54 Å². The summed E-state index contributed by atoms with van der Waals surface area (Å²) in [6.45, 7) is 4.26. The van der Waals surface area contributed by atoms with Crippen molar-refractivity contribution in [2.75, 3.05) is 19.6 Å². The van der Waals surface area contributed by atoms with E-state index in [9.17, 15) is 4.79 Å². The number of rotatable bonds is 7. The number of nitrogens with one attached hydrogen (secondary N) is 1. The van der Waals surface area contributed by atoms with E-state index in [1.807, 2.05) is 35.7 Å². The highest BCUT2D eigenvalue weighted by Crippen LogP contribution is 2.25. The van der Waals surface area contributed by atoms with Gasteiger partial charge < -0.3 is 5.32 Å². The number of amides is 1. The minimum atomic E-state index is -0.202. The van der Waals surface area contributed by atoms with Gasteiger partial charge in [-0.3, -0.25) is 9.69 Å². The van der Waals surface area contributed by atoms with Gasteiger partial charge in [-0.2, -0.15) is 0 Å². The molecule has 30 heavy (non-hydrogen) atoms. The molecule has 1 amide bonds. The molecule has 2 aromatic carbocycles. The summed E-state index contributed by atoms with van der Waals surface area (Å²) in [5, 5.41) is 6.04. The molecule has 1 atom stereocenters. The van der Waals surface area contributed by atoms with E-state index in [0.717, 1.165) is 36.5 Å². The summed E-state index contributed by atoms with van der Waals surface area (Å²) in [5.74, 6) is 0.0307. The summed E-state index contributed by atoms with van der Waals surface area (Å²) in [4.78, 5) is 19.4. The monoisotopic (exact) mass is 417 g/mol. The Morgan fingerprint density at radius 3 is 2.60 bits per heavy atom. The SMILES string of the molecule is CCc1ccc(C2=CCN(CC(=O)N[C@@H](c3ccccc3)c3nccs3)CC2)cc1. The molecule has 0 saturated heterocycles. The van der Waals surface area contributed by atoms with E-state index < -0.39 is 0 Å². The van der Waals surface area contributed by atoms with E-state index >= 15 is 0 Å². The normalized spacial score (nSPS) is 15.4. The zero-order valence-corrected chi connectivity index (χ0v) is 18.1. The maximum Gasteiger partial charge on any atom is 0.235 e. The first-order valence-corrected chi connectivity index (χ1v) is 11.4. The van der Waals surface area contributed by atoms with Gasteiger partial charge in [0.25, 0.3) is 0 Å². The lowest BCUT2D eigenvalue weighted by molar-refractivity contribution is -0.122. The van der Waals surface area contributed by atoms with Gasteiger partial charge in [-0.15, -0.1) is 11.3 Å². The molecule has 2 heterocycles. The van der Waals surface area contributed by atoms with Gasteiger partial charge in [0.15, 0.2) is 0 Å². The fraction of sp³-hybridized carbons (Fsp3) is 0.280. The van der Waals surface area contributed by atoms with Crippen LogP contribution in [0.2, 0.25) is 0 Å². The maximum absolute atomic E-state index is 12.8. The van der Waals surface area contributed by atoms with Crippen LogP contribution in [-0.2, 0) is 11.2 Å². The standard InChI is InChI=1S/C25H27N3OS/c1-2-19-8-10-20(11-9-19)21-12-15-28(16-13-21)18-23(29)27-24(25-26-14-17-30-25)22-6-4-3-5-7-22/h3-12,14,17,24H,2,13,15-16,18H2,1H3,(H,27,29)/t24-/m0/s1.